The second-order valence-corrected chi connectivity index (χ2v) is 6.98. The Labute approximate surface area is 148 Å². The van der Waals surface area contributed by atoms with Gasteiger partial charge in [0.1, 0.15) is 6.67 Å². The number of allylic oxidation sites excluding steroid dienone is 2. The summed E-state index contributed by atoms with van der Waals surface area (Å²) in [6, 6.07) is 6.23. The summed E-state index contributed by atoms with van der Waals surface area (Å²) in [5.74, 6) is 0.510. The van der Waals surface area contributed by atoms with Gasteiger partial charge >= 0.3 is 0 Å². The van der Waals surface area contributed by atoms with Crippen molar-refractivity contribution in [3.8, 4) is 0 Å². The number of amidine groups is 1. The van der Waals surface area contributed by atoms with Crippen LogP contribution in [0.4, 0.5) is 5.69 Å². The van der Waals surface area contributed by atoms with E-state index in [-0.39, 0.29) is 0 Å². The molecule has 1 aromatic rings. The van der Waals surface area contributed by atoms with E-state index < -0.39 is 5.91 Å². The minimum Gasteiger partial charge on any atom is -0.366 e. The summed E-state index contributed by atoms with van der Waals surface area (Å²) in [4.78, 5) is 21.2. The topological polar surface area (TPSA) is 61.9 Å². The number of carbonyl (C=O) groups excluding carboxylic acids is 1. The summed E-state index contributed by atoms with van der Waals surface area (Å²) >= 11 is 0. The van der Waals surface area contributed by atoms with Gasteiger partial charge in [0, 0.05) is 12.2 Å². The van der Waals surface area contributed by atoms with E-state index in [1.807, 2.05) is 36.2 Å². The summed E-state index contributed by atoms with van der Waals surface area (Å²) in [6.07, 6.45) is 12.6. The number of aliphatic imine (C=N–C) groups is 1. The van der Waals surface area contributed by atoms with E-state index in [1.54, 1.807) is 6.07 Å². The Kier molecular flexibility index (Phi) is 4.07. The number of nitrogens with two attached hydrogens (primary N) is 1. The first-order valence-electron chi connectivity index (χ1n) is 9.05. The first-order chi connectivity index (χ1) is 12.2. The standard InChI is InChI=1S/C20H24N4O/c1-14-7-5-10-16(19(21)25)18(14)23-12-6-11-17-20(23)22-13-24(17)15-8-3-2-4-9-15/h5-7,10-12,15H,2-4,8-9,13H2,1H3,(H2,21,25). The molecule has 5 nitrogen and oxygen atoms in total. The van der Waals surface area contributed by atoms with Gasteiger partial charge in [-0.1, -0.05) is 31.4 Å². The maximum atomic E-state index is 11.9. The number of fused-ring (bicyclic) bond motifs is 1. The molecule has 2 aliphatic heterocycles. The van der Waals surface area contributed by atoms with Crippen molar-refractivity contribution < 1.29 is 4.79 Å². The van der Waals surface area contributed by atoms with Crippen LogP contribution >= 0.6 is 0 Å². The van der Waals surface area contributed by atoms with Crippen LogP contribution in [0.2, 0.25) is 0 Å². The molecule has 1 aliphatic carbocycles. The van der Waals surface area contributed by atoms with Crippen LogP contribution < -0.4 is 10.6 Å². The van der Waals surface area contributed by atoms with Gasteiger partial charge < -0.3 is 10.6 Å². The van der Waals surface area contributed by atoms with Gasteiger partial charge in [-0.2, -0.15) is 0 Å². The molecule has 0 unspecified atom stereocenters. The smallest absolute Gasteiger partial charge is 0.250 e. The molecule has 0 radical (unpaired) electrons. The van der Waals surface area contributed by atoms with Crippen molar-refractivity contribution >= 4 is 17.4 Å². The van der Waals surface area contributed by atoms with Crippen molar-refractivity contribution in [3.63, 3.8) is 0 Å². The molecule has 2 heterocycles. The molecule has 4 rings (SSSR count). The van der Waals surface area contributed by atoms with E-state index in [4.69, 9.17) is 10.7 Å². The Hall–Kier alpha value is -2.56. The van der Waals surface area contributed by atoms with Gasteiger partial charge in [0.15, 0.2) is 5.84 Å². The molecule has 1 aromatic carbocycles. The Morgan fingerprint density at radius 3 is 2.80 bits per heavy atom. The zero-order chi connectivity index (χ0) is 17.4. The van der Waals surface area contributed by atoms with Crippen LogP contribution in [0.3, 0.4) is 0 Å². The summed E-state index contributed by atoms with van der Waals surface area (Å²) < 4.78 is 0. The molecule has 0 bridgehead atoms. The molecule has 1 amide bonds. The lowest BCUT2D eigenvalue weighted by Gasteiger charge is -2.35. The monoisotopic (exact) mass is 336 g/mol. The minimum atomic E-state index is -0.411. The fourth-order valence-electron chi connectivity index (χ4n) is 4.15. The van der Waals surface area contributed by atoms with Crippen LogP contribution in [-0.2, 0) is 0 Å². The third-order valence-corrected chi connectivity index (χ3v) is 5.39. The van der Waals surface area contributed by atoms with Crippen molar-refractivity contribution in [1.29, 1.82) is 0 Å². The maximum Gasteiger partial charge on any atom is 0.250 e. The van der Waals surface area contributed by atoms with E-state index in [0.717, 1.165) is 22.8 Å². The van der Waals surface area contributed by atoms with Crippen molar-refractivity contribution in [2.24, 2.45) is 10.7 Å². The Morgan fingerprint density at radius 1 is 1.24 bits per heavy atom. The molecule has 2 N–H and O–H groups in total. The van der Waals surface area contributed by atoms with Gasteiger partial charge in [-0.3, -0.25) is 9.69 Å². The van der Waals surface area contributed by atoms with Crippen molar-refractivity contribution in [1.82, 2.24) is 4.90 Å². The summed E-state index contributed by atoms with van der Waals surface area (Å²) in [6.45, 7) is 2.70. The number of para-hydroxylation sites is 1. The lowest BCUT2D eigenvalue weighted by Crippen LogP contribution is -2.39. The second kappa shape index (κ2) is 6.39. The molecule has 0 spiro atoms. The van der Waals surface area contributed by atoms with Crippen LogP contribution in [0.5, 0.6) is 0 Å². The molecule has 0 saturated heterocycles. The number of aryl methyl sites for hydroxylation is 1. The fraction of sp³-hybridized carbons (Fsp3) is 0.400. The highest BCUT2D eigenvalue weighted by Crippen LogP contribution is 2.34. The van der Waals surface area contributed by atoms with E-state index >= 15 is 0 Å². The van der Waals surface area contributed by atoms with Gasteiger partial charge in [0.05, 0.1) is 16.9 Å². The number of benzene rings is 1. The highest BCUT2D eigenvalue weighted by atomic mass is 16.1. The highest BCUT2D eigenvalue weighted by molar-refractivity contribution is 6.15. The predicted octanol–water partition coefficient (Wildman–Crippen LogP) is 3.32. The average molecular weight is 336 g/mol. The lowest BCUT2D eigenvalue weighted by atomic mass is 9.94. The molecule has 1 saturated carbocycles. The molecular weight excluding hydrogens is 312 g/mol. The number of hydrogen-bond donors (Lipinski definition) is 1. The quantitative estimate of drug-likeness (QED) is 0.921. The molecule has 1 fully saturated rings. The van der Waals surface area contributed by atoms with Gasteiger partial charge in [0.2, 0.25) is 0 Å². The van der Waals surface area contributed by atoms with E-state index in [1.165, 1.54) is 32.1 Å². The van der Waals surface area contributed by atoms with E-state index in [2.05, 4.69) is 11.0 Å². The number of carbonyl (C=O) groups is 1. The van der Waals surface area contributed by atoms with Crippen LogP contribution in [0.1, 0.15) is 48.0 Å². The van der Waals surface area contributed by atoms with Gasteiger partial charge in [-0.15, -0.1) is 0 Å². The number of hydrogen-bond acceptors (Lipinski definition) is 4. The zero-order valence-corrected chi connectivity index (χ0v) is 14.6. The van der Waals surface area contributed by atoms with E-state index in [9.17, 15) is 4.79 Å². The van der Waals surface area contributed by atoms with Crippen LogP contribution in [0.25, 0.3) is 0 Å². The summed E-state index contributed by atoms with van der Waals surface area (Å²) in [5, 5.41) is 0. The summed E-state index contributed by atoms with van der Waals surface area (Å²) in [7, 11) is 0. The van der Waals surface area contributed by atoms with Crippen LogP contribution in [0, 0.1) is 6.92 Å². The predicted molar refractivity (Wildman–Crippen MR) is 100 cm³/mol. The fourth-order valence-corrected chi connectivity index (χ4v) is 4.15. The molecule has 0 atom stereocenters. The third-order valence-electron chi connectivity index (χ3n) is 5.39. The van der Waals surface area contributed by atoms with Crippen molar-refractivity contribution in [2.45, 2.75) is 45.1 Å². The molecule has 5 heteroatoms. The molecule has 130 valence electrons. The maximum absolute atomic E-state index is 11.9. The number of nitrogens with zero attached hydrogens (tertiary/aromatic N) is 3. The minimum absolute atomic E-state index is 0.411. The highest BCUT2D eigenvalue weighted by Gasteiger charge is 2.34. The molecule has 25 heavy (non-hydrogen) atoms. The van der Waals surface area contributed by atoms with Gasteiger partial charge in [-0.25, -0.2) is 4.99 Å². The number of anilines is 1. The Morgan fingerprint density at radius 2 is 2.04 bits per heavy atom. The first kappa shape index (κ1) is 15.9. The molecule has 0 aromatic heterocycles. The summed E-state index contributed by atoms with van der Waals surface area (Å²) in [5.41, 5.74) is 9.16. The first-order valence-corrected chi connectivity index (χ1v) is 9.05. The molecular formula is C20H24N4O. The van der Waals surface area contributed by atoms with Crippen LogP contribution in [-0.4, -0.2) is 29.4 Å². The number of amides is 1. The van der Waals surface area contributed by atoms with Gasteiger partial charge in [-0.05, 0) is 43.5 Å². The van der Waals surface area contributed by atoms with Crippen LogP contribution in [0.15, 0.2) is 47.2 Å². The molecule has 3 aliphatic rings. The second-order valence-electron chi connectivity index (χ2n) is 6.98. The normalized spacial score (nSPS) is 20.4. The SMILES string of the molecule is Cc1cccc(C(N)=O)c1N1C=CC=C2C1=NCN2C1CCCCC1. The Bertz CT molecular complexity index is 787. The van der Waals surface area contributed by atoms with Crippen molar-refractivity contribution in [2.75, 3.05) is 11.6 Å². The average Bonchev–Trinajstić information content (AvgIpc) is 3.06. The third kappa shape index (κ3) is 2.73. The number of primary amides is 1. The zero-order valence-electron chi connectivity index (χ0n) is 14.6. The van der Waals surface area contributed by atoms with Gasteiger partial charge in [0.25, 0.3) is 5.91 Å². The Balaban J connectivity index is 1.68. The van der Waals surface area contributed by atoms with E-state index in [0.29, 0.717) is 18.3 Å². The van der Waals surface area contributed by atoms with Crippen molar-refractivity contribution in [3.05, 3.63) is 53.4 Å². The largest absolute Gasteiger partial charge is 0.366 e. The lowest BCUT2D eigenvalue weighted by molar-refractivity contribution is 0.100. The number of rotatable bonds is 3.